The number of non-ortho nitro benzene ring substituents is 1. The average molecular weight is 466 g/mol. The molecule has 2 aromatic rings. The van der Waals surface area contributed by atoms with Gasteiger partial charge >= 0.3 is 0 Å². The van der Waals surface area contributed by atoms with Crippen LogP contribution >= 0.6 is 11.6 Å². The van der Waals surface area contributed by atoms with Crippen LogP contribution in [0.5, 0.6) is 0 Å². The third-order valence-electron chi connectivity index (χ3n) is 5.99. The van der Waals surface area contributed by atoms with Crippen LogP contribution in [0.4, 0.5) is 17.1 Å². The van der Waals surface area contributed by atoms with Gasteiger partial charge in [-0.3, -0.25) is 29.5 Å². The second-order valence-electron chi connectivity index (χ2n) is 7.80. The van der Waals surface area contributed by atoms with Crippen LogP contribution in [0.2, 0.25) is 5.02 Å². The fourth-order valence-corrected chi connectivity index (χ4v) is 4.69. The highest BCUT2D eigenvalue weighted by atomic mass is 35.5. The van der Waals surface area contributed by atoms with E-state index in [0.717, 1.165) is 4.90 Å². The Kier molecular flexibility index (Phi) is 4.94. The molecule has 3 heterocycles. The summed E-state index contributed by atoms with van der Waals surface area (Å²) in [4.78, 5) is 51.4. The molecule has 11 heteroatoms. The number of anilines is 2. The molecule has 10 nitrogen and oxygen atoms in total. The highest BCUT2D eigenvalue weighted by molar-refractivity contribution is 6.30. The van der Waals surface area contributed by atoms with Crippen molar-refractivity contribution < 1.29 is 19.3 Å². The van der Waals surface area contributed by atoms with E-state index in [2.05, 4.69) is 10.4 Å². The Morgan fingerprint density at radius 3 is 2.36 bits per heavy atom. The molecule has 3 aliphatic heterocycles. The number of nitro benzene ring substituents is 1. The number of rotatable bonds is 4. The number of imide groups is 1. The van der Waals surface area contributed by atoms with E-state index in [9.17, 15) is 24.5 Å². The molecule has 1 N–H and O–H groups in total. The van der Waals surface area contributed by atoms with Gasteiger partial charge in [0, 0.05) is 29.1 Å². The standard InChI is InChI=1S/C22H16ClN5O5/c23-12-3-5-13(6-4-12)25-20(29)19-18-17(16-2-1-11-24-27(16)19)21(30)26(22(18)31)14-7-9-15(10-8-14)28(32)33/h1-11,16-19H,(H,25,29)/t16-,17+,18-,19+/m1/s1. The SMILES string of the molecule is O=C(Nc1ccc(Cl)cc1)[C@@H]1[C@@H]2C(=O)N(c3ccc([N+](=O)[O-])cc3)C(=O)[C@H]2[C@H]2C=CC=NN21. The van der Waals surface area contributed by atoms with Crippen molar-refractivity contribution in [3.63, 3.8) is 0 Å². The van der Waals surface area contributed by atoms with Gasteiger partial charge < -0.3 is 5.32 Å². The molecular weight excluding hydrogens is 450 g/mol. The van der Waals surface area contributed by atoms with Crippen LogP contribution in [-0.2, 0) is 14.4 Å². The van der Waals surface area contributed by atoms with Crippen LogP contribution in [0.1, 0.15) is 0 Å². The van der Waals surface area contributed by atoms with E-state index in [1.165, 1.54) is 35.5 Å². The van der Waals surface area contributed by atoms with Crippen LogP contribution in [0.25, 0.3) is 0 Å². The Bertz CT molecular complexity index is 1230. The number of allylic oxidation sites excluding steroid dienone is 1. The summed E-state index contributed by atoms with van der Waals surface area (Å²) < 4.78 is 0. The normalized spacial score (nSPS) is 25.2. The quantitative estimate of drug-likeness (QED) is 0.420. The monoisotopic (exact) mass is 465 g/mol. The number of carbonyl (C=O) groups excluding carboxylic acids is 3. The number of carbonyl (C=O) groups is 3. The predicted molar refractivity (Wildman–Crippen MR) is 120 cm³/mol. The van der Waals surface area contributed by atoms with Crippen molar-refractivity contribution >= 4 is 52.6 Å². The van der Waals surface area contributed by atoms with Crippen LogP contribution < -0.4 is 10.2 Å². The fraction of sp³-hybridized carbons (Fsp3) is 0.182. The molecular formula is C22H16ClN5O5. The van der Waals surface area contributed by atoms with E-state index >= 15 is 0 Å². The van der Waals surface area contributed by atoms with Crippen LogP contribution in [-0.4, -0.2) is 46.0 Å². The minimum atomic E-state index is -1.02. The molecule has 0 radical (unpaired) electrons. The minimum Gasteiger partial charge on any atom is -0.324 e. The largest absolute Gasteiger partial charge is 0.324 e. The molecule has 0 spiro atoms. The first kappa shape index (κ1) is 20.8. The third-order valence-corrected chi connectivity index (χ3v) is 6.24. The lowest BCUT2D eigenvalue weighted by Crippen LogP contribution is -2.47. The van der Waals surface area contributed by atoms with Gasteiger partial charge in [-0.15, -0.1) is 0 Å². The fourth-order valence-electron chi connectivity index (χ4n) is 4.56. The van der Waals surface area contributed by atoms with Crippen LogP contribution in [0, 0.1) is 22.0 Å². The third kappa shape index (κ3) is 3.35. The van der Waals surface area contributed by atoms with Gasteiger partial charge in [-0.05, 0) is 42.5 Å². The second-order valence-corrected chi connectivity index (χ2v) is 8.23. The zero-order chi connectivity index (χ0) is 23.3. The molecule has 0 bridgehead atoms. The van der Waals surface area contributed by atoms with Gasteiger partial charge in [0.15, 0.2) is 0 Å². The van der Waals surface area contributed by atoms with E-state index in [1.807, 2.05) is 0 Å². The Labute approximate surface area is 192 Å². The maximum Gasteiger partial charge on any atom is 0.269 e. The number of hydrogen-bond acceptors (Lipinski definition) is 7. The van der Waals surface area contributed by atoms with Crippen molar-refractivity contribution in [2.75, 3.05) is 10.2 Å². The second kappa shape index (κ2) is 7.82. The molecule has 4 atom stereocenters. The number of nitro groups is 1. The summed E-state index contributed by atoms with van der Waals surface area (Å²) in [6.07, 6.45) is 4.91. The van der Waals surface area contributed by atoms with E-state index in [-0.39, 0.29) is 11.4 Å². The first-order chi connectivity index (χ1) is 15.9. The molecule has 2 fully saturated rings. The Hall–Kier alpha value is -4.05. The summed E-state index contributed by atoms with van der Waals surface area (Å²) in [6, 6.07) is 10.1. The maximum absolute atomic E-state index is 13.4. The lowest BCUT2D eigenvalue weighted by Gasteiger charge is -2.30. The van der Waals surface area contributed by atoms with Crippen molar-refractivity contribution in [1.82, 2.24) is 5.01 Å². The summed E-state index contributed by atoms with van der Waals surface area (Å²) in [5.41, 5.74) is 0.551. The Morgan fingerprint density at radius 2 is 1.70 bits per heavy atom. The number of hydrazone groups is 1. The van der Waals surface area contributed by atoms with Gasteiger partial charge in [0.1, 0.15) is 6.04 Å². The predicted octanol–water partition coefficient (Wildman–Crippen LogP) is 2.60. The number of nitrogens with one attached hydrogen (secondary N) is 1. The summed E-state index contributed by atoms with van der Waals surface area (Å²) >= 11 is 5.90. The lowest BCUT2D eigenvalue weighted by molar-refractivity contribution is -0.384. The maximum atomic E-state index is 13.4. The lowest BCUT2D eigenvalue weighted by atomic mass is 9.88. The summed E-state index contributed by atoms with van der Waals surface area (Å²) in [7, 11) is 0. The van der Waals surface area contributed by atoms with Gasteiger partial charge in [-0.2, -0.15) is 5.10 Å². The average Bonchev–Trinajstić information content (AvgIpc) is 3.28. The molecule has 3 aliphatic rings. The first-order valence-electron chi connectivity index (χ1n) is 10.0. The molecule has 0 aliphatic carbocycles. The van der Waals surface area contributed by atoms with Crippen molar-refractivity contribution in [2.24, 2.45) is 16.9 Å². The van der Waals surface area contributed by atoms with E-state index in [4.69, 9.17) is 11.6 Å². The van der Waals surface area contributed by atoms with Crippen molar-refractivity contribution in [2.45, 2.75) is 12.1 Å². The van der Waals surface area contributed by atoms with Crippen LogP contribution in [0.3, 0.4) is 0 Å². The summed E-state index contributed by atoms with van der Waals surface area (Å²) in [5, 5.41) is 20.0. The van der Waals surface area contributed by atoms with E-state index in [0.29, 0.717) is 10.7 Å². The number of benzene rings is 2. The molecule has 5 rings (SSSR count). The zero-order valence-electron chi connectivity index (χ0n) is 16.9. The van der Waals surface area contributed by atoms with Gasteiger partial charge in [-0.1, -0.05) is 17.7 Å². The van der Waals surface area contributed by atoms with Crippen molar-refractivity contribution in [3.05, 3.63) is 75.8 Å². The van der Waals surface area contributed by atoms with Gasteiger partial charge in [0.25, 0.3) is 5.69 Å². The number of amides is 3. The van der Waals surface area contributed by atoms with Gasteiger partial charge in [0.2, 0.25) is 17.7 Å². The number of hydrogen-bond donors (Lipinski definition) is 1. The van der Waals surface area contributed by atoms with Crippen LogP contribution in [0.15, 0.2) is 65.8 Å². The topological polar surface area (TPSA) is 125 Å². The van der Waals surface area contributed by atoms with Crippen molar-refractivity contribution in [1.29, 1.82) is 0 Å². The zero-order valence-corrected chi connectivity index (χ0v) is 17.6. The highest BCUT2D eigenvalue weighted by Crippen LogP contribution is 2.45. The molecule has 3 amide bonds. The molecule has 33 heavy (non-hydrogen) atoms. The summed E-state index contributed by atoms with van der Waals surface area (Å²) in [6.45, 7) is 0. The molecule has 0 aromatic heterocycles. The molecule has 2 aromatic carbocycles. The first-order valence-corrected chi connectivity index (χ1v) is 10.4. The smallest absolute Gasteiger partial charge is 0.269 e. The molecule has 0 unspecified atom stereocenters. The van der Waals surface area contributed by atoms with Gasteiger partial charge in [-0.25, -0.2) is 4.90 Å². The Balaban J connectivity index is 1.48. The van der Waals surface area contributed by atoms with E-state index in [1.54, 1.807) is 36.4 Å². The van der Waals surface area contributed by atoms with E-state index < -0.39 is 46.6 Å². The summed E-state index contributed by atoms with van der Waals surface area (Å²) in [5.74, 6) is -3.29. The molecule has 166 valence electrons. The molecule has 2 saturated heterocycles. The van der Waals surface area contributed by atoms with Gasteiger partial charge in [0.05, 0.1) is 28.5 Å². The number of fused-ring (bicyclic) bond motifs is 3. The highest BCUT2D eigenvalue weighted by Gasteiger charge is 2.64. The number of nitrogens with zero attached hydrogens (tertiary/aromatic N) is 4. The van der Waals surface area contributed by atoms with Crippen molar-refractivity contribution in [3.8, 4) is 0 Å². The number of halogens is 1. The Morgan fingerprint density at radius 1 is 1.03 bits per heavy atom. The minimum absolute atomic E-state index is 0.158. The molecule has 0 saturated carbocycles.